The maximum absolute atomic E-state index is 13.6. The summed E-state index contributed by atoms with van der Waals surface area (Å²) in [6, 6.07) is 13.6. The van der Waals surface area contributed by atoms with Gasteiger partial charge in [-0.3, -0.25) is 0 Å². The van der Waals surface area contributed by atoms with Gasteiger partial charge in [-0.05, 0) is 42.2 Å². The van der Waals surface area contributed by atoms with Crippen molar-refractivity contribution in [2.45, 2.75) is 43.7 Å². The first-order valence-corrected chi connectivity index (χ1v) is 13.8. The van der Waals surface area contributed by atoms with E-state index in [2.05, 4.69) is 10.6 Å². The number of carbonyl (C=O) groups excluding carboxylic acids is 2. The predicted octanol–water partition coefficient (Wildman–Crippen LogP) is 2.10. The topological polar surface area (TPSA) is 160 Å². The highest BCUT2D eigenvalue weighted by atomic mass is 32.2. The van der Waals surface area contributed by atoms with Crippen molar-refractivity contribution >= 4 is 22.1 Å². The molecule has 210 valence electrons. The largest absolute Gasteiger partial charge is 0.497 e. The van der Waals surface area contributed by atoms with Crippen LogP contribution >= 0.6 is 0 Å². The third kappa shape index (κ3) is 9.84. The molecule has 0 bridgehead atoms. The van der Waals surface area contributed by atoms with E-state index in [1.807, 2.05) is 44.2 Å². The zero-order chi connectivity index (χ0) is 28.1. The number of ether oxygens (including phenoxy) is 2. The number of primary amides is 1. The van der Waals surface area contributed by atoms with E-state index in [0.717, 1.165) is 12.0 Å². The van der Waals surface area contributed by atoms with Gasteiger partial charge in [0, 0.05) is 13.1 Å². The number of amides is 3. The summed E-state index contributed by atoms with van der Waals surface area (Å²) in [5, 5.41) is 16.2. The molecule has 1 unspecified atom stereocenters. The van der Waals surface area contributed by atoms with Gasteiger partial charge in [0.25, 0.3) is 0 Å². The highest BCUT2D eigenvalue weighted by molar-refractivity contribution is 7.89. The standard InChI is InChI=1S/C26H38N4O7S/c1-4-19(2)17-30(38(34,35)22-12-10-21(36-3)11-13-22)18-24(31)23(16-20-8-6-5-7-9-20)29-26(33)37-15-14-28-25(27)32/h5-13,19,23-24,31H,4,14-18H2,1-3H3,(H,29,33)(H3,27,28,32)/t19-,23?,24-/m1/s1. The molecule has 3 amide bonds. The quantitative estimate of drug-likeness (QED) is 0.247. The number of nitrogens with zero attached hydrogens (tertiary/aromatic N) is 1. The van der Waals surface area contributed by atoms with Gasteiger partial charge in [-0.15, -0.1) is 0 Å². The number of methoxy groups -OCH3 is 1. The molecular formula is C26H38N4O7S. The first-order valence-electron chi connectivity index (χ1n) is 12.4. The lowest BCUT2D eigenvalue weighted by Gasteiger charge is -2.31. The predicted molar refractivity (Wildman–Crippen MR) is 143 cm³/mol. The fourth-order valence-corrected chi connectivity index (χ4v) is 5.22. The lowest BCUT2D eigenvalue weighted by atomic mass is 10.0. The van der Waals surface area contributed by atoms with Crippen LogP contribution in [0, 0.1) is 5.92 Å². The Kier molecular flexibility index (Phi) is 12.3. The first-order chi connectivity index (χ1) is 18.1. The molecule has 2 aromatic carbocycles. The molecule has 38 heavy (non-hydrogen) atoms. The van der Waals surface area contributed by atoms with Crippen molar-refractivity contribution in [1.82, 2.24) is 14.9 Å². The van der Waals surface area contributed by atoms with Gasteiger partial charge < -0.3 is 30.9 Å². The number of urea groups is 1. The average molecular weight is 551 g/mol. The molecule has 0 fully saturated rings. The number of sulfonamides is 1. The SMILES string of the molecule is CC[C@@H](C)CN(C[C@@H](O)C(Cc1ccccc1)NC(=O)OCCNC(N)=O)S(=O)(=O)c1ccc(OC)cc1. The Morgan fingerprint density at radius 2 is 1.74 bits per heavy atom. The number of nitrogens with two attached hydrogens (primary N) is 1. The number of hydrogen-bond acceptors (Lipinski definition) is 7. The van der Waals surface area contributed by atoms with Gasteiger partial charge in [0.05, 0.1) is 30.7 Å². The highest BCUT2D eigenvalue weighted by Gasteiger charge is 2.32. The van der Waals surface area contributed by atoms with Crippen LogP contribution in [0.25, 0.3) is 0 Å². The number of hydrogen-bond donors (Lipinski definition) is 4. The van der Waals surface area contributed by atoms with Crippen LogP contribution in [-0.2, 0) is 21.2 Å². The van der Waals surface area contributed by atoms with Gasteiger partial charge >= 0.3 is 12.1 Å². The summed E-state index contributed by atoms with van der Waals surface area (Å²) in [7, 11) is -2.47. The lowest BCUT2D eigenvalue weighted by molar-refractivity contribution is 0.0891. The molecule has 0 aliphatic rings. The molecule has 0 saturated carbocycles. The summed E-state index contributed by atoms with van der Waals surface area (Å²) in [6.07, 6.45) is -1.11. The molecule has 0 saturated heterocycles. The molecule has 0 aliphatic heterocycles. The molecule has 0 aromatic heterocycles. The third-order valence-corrected chi connectivity index (χ3v) is 7.85. The van der Waals surface area contributed by atoms with Gasteiger partial charge in [0.15, 0.2) is 0 Å². The van der Waals surface area contributed by atoms with Gasteiger partial charge in [0.1, 0.15) is 12.4 Å². The van der Waals surface area contributed by atoms with Crippen molar-refractivity contribution in [1.29, 1.82) is 0 Å². The Morgan fingerprint density at radius 1 is 1.08 bits per heavy atom. The number of aliphatic hydroxyl groups excluding tert-OH is 1. The normalized spacial score (nSPS) is 13.8. The lowest BCUT2D eigenvalue weighted by Crippen LogP contribution is -2.51. The number of rotatable bonds is 15. The second-order valence-corrected chi connectivity index (χ2v) is 10.9. The van der Waals surface area contributed by atoms with E-state index in [0.29, 0.717) is 5.75 Å². The van der Waals surface area contributed by atoms with Crippen molar-refractivity contribution in [2.24, 2.45) is 11.7 Å². The second-order valence-electron chi connectivity index (χ2n) is 8.95. The minimum Gasteiger partial charge on any atom is -0.497 e. The van der Waals surface area contributed by atoms with E-state index in [1.165, 1.54) is 23.5 Å². The Hall–Kier alpha value is -3.35. The molecule has 0 heterocycles. The molecule has 2 rings (SSSR count). The number of aliphatic hydroxyl groups is 1. The van der Waals surface area contributed by atoms with E-state index in [9.17, 15) is 23.1 Å². The average Bonchev–Trinajstić information content (AvgIpc) is 2.90. The maximum atomic E-state index is 13.6. The molecule has 2 aromatic rings. The van der Waals surface area contributed by atoms with Crippen LogP contribution in [0.15, 0.2) is 59.5 Å². The van der Waals surface area contributed by atoms with Crippen LogP contribution in [0.2, 0.25) is 0 Å². The van der Waals surface area contributed by atoms with E-state index in [1.54, 1.807) is 12.1 Å². The first kappa shape index (κ1) is 30.9. The number of benzene rings is 2. The highest BCUT2D eigenvalue weighted by Crippen LogP contribution is 2.22. The third-order valence-electron chi connectivity index (χ3n) is 6.00. The smallest absolute Gasteiger partial charge is 0.407 e. The second kappa shape index (κ2) is 15.2. The number of alkyl carbamates (subject to hydrolysis) is 1. The summed E-state index contributed by atoms with van der Waals surface area (Å²) in [5.74, 6) is 0.549. The van der Waals surface area contributed by atoms with Crippen molar-refractivity contribution in [3.63, 3.8) is 0 Å². The Labute approximate surface area is 224 Å². The van der Waals surface area contributed by atoms with Gasteiger partial charge in [0.2, 0.25) is 10.0 Å². The molecule has 0 radical (unpaired) electrons. The van der Waals surface area contributed by atoms with E-state index in [4.69, 9.17) is 15.2 Å². The maximum Gasteiger partial charge on any atom is 0.407 e. The van der Waals surface area contributed by atoms with Crippen molar-refractivity contribution in [3.05, 3.63) is 60.2 Å². The fraction of sp³-hybridized carbons (Fsp3) is 0.462. The Bertz CT molecular complexity index is 1110. The number of nitrogens with one attached hydrogen (secondary N) is 2. The summed E-state index contributed by atoms with van der Waals surface area (Å²) < 4.78 is 38.6. The minimum absolute atomic E-state index is 0.0252. The Morgan fingerprint density at radius 3 is 2.32 bits per heavy atom. The molecular weight excluding hydrogens is 512 g/mol. The molecule has 0 spiro atoms. The summed E-state index contributed by atoms with van der Waals surface area (Å²) in [6.45, 7) is 3.72. The molecule has 0 aliphatic carbocycles. The van der Waals surface area contributed by atoms with Crippen molar-refractivity contribution in [2.75, 3.05) is 33.4 Å². The zero-order valence-corrected chi connectivity index (χ0v) is 22.8. The summed E-state index contributed by atoms with van der Waals surface area (Å²) >= 11 is 0. The van der Waals surface area contributed by atoms with Crippen LogP contribution < -0.4 is 21.1 Å². The summed E-state index contributed by atoms with van der Waals surface area (Å²) in [4.78, 5) is 23.3. The van der Waals surface area contributed by atoms with Crippen molar-refractivity contribution in [3.8, 4) is 5.75 Å². The molecule has 3 atom stereocenters. The monoisotopic (exact) mass is 550 g/mol. The summed E-state index contributed by atoms with van der Waals surface area (Å²) in [5.41, 5.74) is 5.83. The van der Waals surface area contributed by atoms with E-state index >= 15 is 0 Å². The van der Waals surface area contributed by atoms with E-state index in [-0.39, 0.29) is 43.5 Å². The minimum atomic E-state index is -3.97. The van der Waals surface area contributed by atoms with Gasteiger partial charge in [-0.25, -0.2) is 18.0 Å². The van der Waals surface area contributed by atoms with Gasteiger partial charge in [-0.1, -0.05) is 50.6 Å². The molecule has 11 nitrogen and oxygen atoms in total. The zero-order valence-electron chi connectivity index (χ0n) is 22.0. The van der Waals surface area contributed by atoms with Crippen LogP contribution in [0.4, 0.5) is 9.59 Å². The fourth-order valence-electron chi connectivity index (χ4n) is 3.64. The van der Waals surface area contributed by atoms with E-state index < -0.39 is 34.3 Å². The number of carbonyl (C=O) groups is 2. The van der Waals surface area contributed by atoms with Crippen LogP contribution in [0.5, 0.6) is 5.75 Å². The van der Waals surface area contributed by atoms with Crippen LogP contribution in [0.1, 0.15) is 25.8 Å². The van der Waals surface area contributed by atoms with Gasteiger partial charge in [-0.2, -0.15) is 4.31 Å². The molecule has 5 N–H and O–H groups in total. The van der Waals surface area contributed by atoms with Crippen LogP contribution in [0.3, 0.4) is 0 Å². The Balaban J connectivity index is 2.25. The molecule has 12 heteroatoms. The van der Waals surface area contributed by atoms with Crippen molar-refractivity contribution < 1.29 is 32.6 Å². The van der Waals surface area contributed by atoms with Crippen LogP contribution in [-0.4, -0.2) is 75.5 Å².